The zero-order valence-electron chi connectivity index (χ0n) is 14.8. The van der Waals surface area contributed by atoms with Gasteiger partial charge < -0.3 is 4.90 Å². The Morgan fingerprint density at radius 2 is 1.81 bits per heavy atom. The highest BCUT2D eigenvalue weighted by molar-refractivity contribution is 5.94. The molecule has 0 N–H and O–H groups in total. The van der Waals surface area contributed by atoms with Crippen molar-refractivity contribution >= 4 is 16.7 Å². The molecular weight excluding hydrogens is 329 g/mol. The molecule has 6 heteroatoms. The van der Waals surface area contributed by atoms with Crippen LogP contribution in [0.3, 0.4) is 0 Å². The van der Waals surface area contributed by atoms with Gasteiger partial charge in [0.1, 0.15) is 11.6 Å². The SMILES string of the molecule is Cc1ccccc1-c1cc2c(N(C)C)nc(-n3cccn3)nc2cc1F. The molecule has 5 nitrogen and oxygen atoms in total. The third-order valence-corrected chi connectivity index (χ3v) is 4.32. The maximum absolute atomic E-state index is 14.9. The Hall–Kier alpha value is -3.28. The second-order valence-corrected chi connectivity index (χ2v) is 6.36. The molecule has 0 bridgehead atoms. The quantitative estimate of drug-likeness (QED) is 0.562. The maximum atomic E-state index is 14.9. The fraction of sp³-hybridized carbons (Fsp3) is 0.150. The highest BCUT2D eigenvalue weighted by Crippen LogP contribution is 2.32. The number of nitrogens with zero attached hydrogens (tertiary/aromatic N) is 5. The summed E-state index contributed by atoms with van der Waals surface area (Å²) in [5.74, 6) is 0.825. The van der Waals surface area contributed by atoms with E-state index in [1.807, 2.05) is 56.3 Å². The molecule has 2 aromatic heterocycles. The summed E-state index contributed by atoms with van der Waals surface area (Å²) < 4.78 is 16.5. The van der Waals surface area contributed by atoms with Crippen LogP contribution in [-0.4, -0.2) is 33.8 Å². The topological polar surface area (TPSA) is 46.8 Å². The predicted octanol–water partition coefficient (Wildman–Crippen LogP) is 4.00. The molecule has 0 unspecified atom stereocenters. The van der Waals surface area contributed by atoms with Crippen molar-refractivity contribution in [3.05, 3.63) is 66.2 Å². The lowest BCUT2D eigenvalue weighted by molar-refractivity contribution is 0.632. The first-order valence-corrected chi connectivity index (χ1v) is 8.29. The summed E-state index contributed by atoms with van der Waals surface area (Å²) in [5, 5.41) is 4.97. The summed E-state index contributed by atoms with van der Waals surface area (Å²) in [7, 11) is 3.82. The van der Waals surface area contributed by atoms with Crippen LogP contribution in [-0.2, 0) is 0 Å². The van der Waals surface area contributed by atoms with Crippen molar-refractivity contribution in [2.24, 2.45) is 0 Å². The van der Waals surface area contributed by atoms with Crippen LogP contribution >= 0.6 is 0 Å². The van der Waals surface area contributed by atoms with Gasteiger partial charge in [-0.1, -0.05) is 24.3 Å². The van der Waals surface area contributed by atoms with Crippen molar-refractivity contribution < 1.29 is 4.39 Å². The minimum atomic E-state index is -0.304. The molecule has 0 aliphatic carbocycles. The molecule has 2 heterocycles. The number of aromatic nitrogens is 4. The number of halogens is 1. The fourth-order valence-corrected chi connectivity index (χ4v) is 3.03. The van der Waals surface area contributed by atoms with Crippen LogP contribution in [0.25, 0.3) is 28.0 Å². The minimum Gasteiger partial charge on any atom is -0.362 e. The fourth-order valence-electron chi connectivity index (χ4n) is 3.03. The lowest BCUT2D eigenvalue weighted by Gasteiger charge is -2.17. The minimum absolute atomic E-state index is 0.304. The van der Waals surface area contributed by atoms with Gasteiger partial charge in [0.15, 0.2) is 0 Å². The van der Waals surface area contributed by atoms with Crippen molar-refractivity contribution in [2.45, 2.75) is 6.92 Å². The molecule has 0 fully saturated rings. The molecule has 2 aromatic carbocycles. The number of benzene rings is 2. The van der Waals surface area contributed by atoms with Crippen molar-refractivity contribution in [1.29, 1.82) is 0 Å². The second-order valence-electron chi connectivity index (χ2n) is 6.36. The molecule has 0 radical (unpaired) electrons. The average molecular weight is 347 g/mol. The van der Waals surface area contributed by atoms with Gasteiger partial charge in [-0.15, -0.1) is 0 Å². The van der Waals surface area contributed by atoms with Gasteiger partial charge in [0, 0.05) is 43.5 Å². The zero-order valence-corrected chi connectivity index (χ0v) is 14.8. The maximum Gasteiger partial charge on any atom is 0.253 e. The summed E-state index contributed by atoms with van der Waals surface area (Å²) in [5.41, 5.74) is 2.98. The lowest BCUT2D eigenvalue weighted by atomic mass is 9.98. The summed E-state index contributed by atoms with van der Waals surface area (Å²) >= 11 is 0. The Morgan fingerprint density at radius 1 is 1.00 bits per heavy atom. The third kappa shape index (κ3) is 2.69. The second kappa shape index (κ2) is 6.22. The van der Waals surface area contributed by atoms with E-state index in [9.17, 15) is 4.39 Å². The van der Waals surface area contributed by atoms with Crippen molar-refractivity contribution in [3.63, 3.8) is 0 Å². The number of rotatable bonds is 3. The van der Waals surface area contributed by atoms with Gasteiger partial charge in [0.25, 0.3) is 5.95 Å². The molecular formula is C20H18FN5. The first kappa shape index (κ1) is 16.2. The number of hydrogen-bond donors (Lipinski definition) is 0. The van der Waals surface area contributed by atoms with Crippen LogP contribution in [0, 0.1) is 12.7 Å². The van der Waals surface area contributed by atoms with E-state index in [0.717, 1.165) is 22.3 Å². The zero-order chi connectivity index (χ0) is 18.3. The van der Waals surface area contributed by atoms with E-state index >= 15 is 0 Å². The summed E-state index contributed by atoms with van der Waals surface area (Å²) in [6.07, 6.45) is 3.42. The van der Waals surface area contributed by atoms with Gasteiger partial charge >= 0.3 is 0 Å². The molecule has 4 aromatic rings. The van der Waals surface area contributed by atoms with Crippen LogP contribution in [0.15, 0.2) is 54.9 Å². The van der Waals surface area contributed by atoms with Gasteiger partial charge in [-0.25, -0.2) is 14.1 Å². The number of hydrogen-bond acceptors (Lipinski definition) is 4. The summed E-state index contributed by atoms with van der Waals surface area (Å²) in [6, 6.07) is 12.9. The summed E-state index contributed by atoms with van der Waals surface area (Å²) in [6.45, 7) is 1.98. The Balaban J connectivity index is 2.00. The highest BCUT2D eigenvalue weighted by Gasteiger charge is 2.16. The van der Waals surface area contributed by atoms with Gasteiger partial charge in [-0.2, -0.15) is 10.1 Å². The van der Waals surface area contributed by atoms with E-state index in [2.05, 4.69) is 15.1 Å². The standard InChI is InChI=1S/C20H18FN5/c1-13-7-4-5-8-14(13)15-11-16-18(12-17(15)21)23-20(24-19(16)25(2)3)26-10-6-9-22-26/h4-12H,1-3H3. The van der Waals surface area contributed by atoms with Crippen LogP contribution in [0.4, 0.5) is 10.2 Å². The Kier molecular flexibility index (Phi) is 3.88. The van der Waals surface area contributed by atoms with E-state index in [0.29, 0.717) is 17.0 Å². The van der Waals surface area contributed by atoms with Gasteiger partial charge in [-0.3, -0.25) is 0 Å². The van der Waals surface area contributed by atoms with Crippen molar-refractivity contribution in [3.8, 4) is 17.1 Å². The van der Waals surface area contributed by atoms with Crippen molar-refractivity contribution in [1.82, 2.24) is 19.7 Å². The average Bonchev–Trinajstić information content (AvgIpc) is 3.15. The molecule has 0 aliphatic heterocycles. The molecule has 0 atom stereocenters. The lowest BCUT2D eigenvalue weighted by Crippen LogP contribution is -2.14. The molecule has 130 valence electrons. The van der Waals surface area contributed by atoms with Crippen LogP contribution in [0.1, 0.15) is 5.56 Å². The number of fused-ring (bicyclic) bond motifs is 1. The molecule has 0 aliphatic rings. The molecule has 0 amide bonds. The molecule has 0 spiro atoms. The van der Waals surface area contributed by atoms with E-state index < -0.39 is 0 Å². The first-order valence-electron chi connectivity index (χ1n) is 8.29. The van der Waals surface area contributed by atoms with Crippen molar-refractivity contribution in [2.75, 3.05) is 19.0 Å². The monoisotopic (exact) mass is 347 g/mol. The molecule has 0 saturated heterocycles. The third-order valence-electron chi connectivity index (χ3n) is 4.32. The van der Waals surface area contributed by atoms with Crippen LogP contribution in [0.5, 0.6) is 0 Å². The first-order chi connectivity index (χ1) is 12.5. The number of aryl methyl sites for hydroxylation is 1. The van der Waals surface area contributed by atoms with E-state index in [4.69, 9.17) is 0 Å². The van der Waals surface area contributed by atoms with Gasteiger partial charge in [0.05, 0.1) is 5.52 Å². The number of anilines is 1. The Bertz CT molecular complexity index is 1090. The molecule has 26 heavy (non-hydrogen) atoms. The molecule has 4 rings (SSSR count). The predicted molar refractivity (Wildman–Crippen MR) is 101 cm³/mol. The highest BCUT2D eigenvalue weighted by atomic mass is 19.1. The Morgan fingerprint density at radius 3 is 2.50 bits per heavy atom. The van der Waals surface area contributed by atoms with Crippen LogP contribution in [0.2, 0.25) is 0 Å². The van der Waals surface area contributed by atoms with E-state index in [1.54, 1.807) is 23.1 Å². The molecule has 0 saturated carbocycles. The van der Waals surface area contributed by atoms with Gasteiger partial charge in [0.2, 0.25) is 0 Å². The smallest absolute Gasteiger partial charge is 0.253 e. The van der Waals surface area contributed by atoms with Crippen LogP contribution < -0.4 is 4.90 Å². The van der Waals surface area contributed by atoms with E-state index in [1.165, 1.54) is 6.07 Å². The van der Waals surface area contributed by atoms with E-state index in [-0.39, 0.29) is 5.82 Å². The van der Waals surface area contributed by atoms with Gasteiger partial charge in [-0.05, 0) is 30.2 Å². The largest absolute Gasteiger partial charge is 0.362 e. The summed E-state index contributed by atoms with van der Waals surface area (Å²) in [4.78, 5) is 11.0. The normalized spacial score (nSPS) is 11.1. The Labute approximate surface area is 150 Å².